The van der Waals surface area contributed by atoms with E-state index in [2.05, 4.69) is 31.1 Å². The van der Waals surface area contributed by atoms with Crippen LogP contribution in [0.15, 0.2) is 30.5 Å². The van der Waals surface area contributed by atoms with Crippen LogP contribution in [0.1, 0.15) is 54.2 Å². The quantitative estimate of drug-likeness (QED) is 0.800. The van der Waals surface area contributed by atoms with Gasteiger partial charge in [0.2, 0.25) is 5.91 Å². The first kappa shape index (κ1) is 19.7. The molecule has 2 fully saturated rings. The summed E-state index contributed by atoms with van der Waals surface area (Å²) in [5.41, 5.74) is 3.79. The smallest absolute Gasteiger partial charge is 0.257 e. The minimum absolute atomic E-state index is 0.0345. The van der Waals surface area contributed by atoms with Crippen molar-refractivity contribution in [1.82, 2.24) is 19.6 Å². The van der Waals surface area contributed by atoms with E-state index >= 15 is 0 Å². The first-order valence-electron chi connectivity index (χ1n) is 10.8. The Morgan fingerprint density at radius 3 is 2.28 bits per heavy atom. The second kappa shape index (κ2) is 8.39. The summed E-state index contributed by atoms with van der Waals surface area (Å²) in [7, 11) is 0. The molecule has 0 atom stereocenters. The van der Waals surface area contributed by atoms with Gasteiger partial charge in [0.25, 0.3) is 5.91 Å². The topological polar surface area (TPSA) is 58.4 Å². The first-order valence-corrected chi connectivity index (χ1v) is 10.8. The van der Waals surface area contributed by atoms with Gasteiger partial charge in [-0.15, -0.1) is 0 Å². The Kier molecular flexibility index (Phi) is 5.69. The summed E-state index contributed by atoms with van der Waals surface area (Å²) in [6.07, 6.45) is 6.19. The molecule has 4 rings (SSSR count). The van der Waals surface area contributed by atoms with Crippen molar-refractivity contribution >= 4 is 11.8 Å². The largest absolute Gasteiger partial charge is 0.342 e. The summed E-state index contributed by atoms with van der Waals surface area (Å²) in [5, 5.41) is 4.51. The van der Waals surface area contributed by atoms with E-state index in [9.17, 15) is 9.59 Å². The maximum absolute atomic E-state index is 13.2. The van der Waals surface area contributed by atoms with Crippen LogP contribution in [-0.4, -0.2) is 57.6 Å². The van der Waals surface area contributed by atoms with Gasteiger partial charge in [0, 0.05) is 32.1 Å². The number of amides is 2. The molecule has 0 aliphatic carbocycles. The number of aryl methyl sites for hydroxylation is 1. The third kappa shape index (κ3) is 3.93. The van der Waals surface area contributed by atoms with Crippen LogP contribution in [0.5, 0.6) is 0 Å². The number of aromatic nitrogens is 2. The monoisotopic (exact) mass is 394 g/mol. The molecule has 3 heterocycles. The van der Waals surface area contributed by atoms with E-state index in [1.165, 1.54) is 5.56 Å². The van der Waals surface area contributed by atoms with Gasteiger partial charge in [0.05, 0.1) is 23.1 Å². The fourth-order valence-corrected chi connectivity index (χ4v) is 4.50. The van der Waals surface area contributed by atoms with Crippen molar-refractivity contribution in [1.29, 1.82) is 0 Å². The Morgan fingerprint density at radius 1 is 1.00 bits per heavy atom. The first-order chi connectivity index (χ1) is 14.1. The number of carbonyl (C=O) groups excluding carboxylic acids is 2. The highest BCUT2D eigenvalue weighted by atomic mass is 16.2. The van der Waals surface area contributed by atoms with Crippen molar-refractivity contribution in [2.45, 2.75) is 46.0 Å². The summed E-state index contributed by atoms with van der Waals surface area (Å²) in [6.45, 7) is 7.19. The Bertz CT molecular complexity index is 873. The number of hydrogen-bond donors (Lipinski definition) is 0. The molecule has 2 saturated heterocycles. The predicted molar refractivity (Wildman–Crippen MR) is 112 cm³/mol. The molecule has 2 aliphatic heterocycles. The zero-order chi connectivity index (χ0) is 20.4. The lowest BCUT2D eigenvalue weighted by atomic mass is 9.95. The molecular formula is C23H30N4O2. The average Bonchev–Trinajstić information content (AvgIpc) is 3.43. The number of rotatable bonds is 4. The highest BCUT2D eigenvalue weighted by Gasteiger charge is 2.32. The number of likely N-dealkylation sites (tertiary alicyclic amines) is 2. The van der Waals surface area contributed by atoms with Gasteiger partial charge in [-0.25, -0.2) is 4.68 Å². The third-order valence-corrected chi connectivity index (χ3v) is 6.26. The van der Waals surface area contributed by atoms with Gasteiger partial charge in [-0.2, -0.15) is 5.10 Å². The molecule has 154 valence electrons. The number of carbonyl (C=O) groups is 2. The third-order valence-electron chi connectivity index (χ3n) is 6.26. The summed E-state index contributed by atoms with van der Waals surface area (Å²) >= 11 is 0. The number of nitrogens with zero attached hydrogens (tertiary/aromatic N) is 4. The lowest BCUT2D eigenvalue weighted by Crippen LogP contribution is -2.43. The second-order valence-electron chi connectivity index (χ2n) is 8.20. The molecule has 1 aromatic heterocycles. The van der Waals surface area contributed by atoms with Gasteiger partial charge < -0.3 is 9.80 Å². The van der Waals surface area contributed by atoms with Crippen molar-refractivity contribution in [3.63, 3.8) is 0 Å². The van der Waals surface area contributed by atoms with Gasteiger partial charge in [0.15, 0.2) is 0 Å². The van der Waals surface area contributed by atoms with E-state index in [-0.39, 0.29) is 17.7 Å². The van der Waals surface area contributed by atoms with Crippen molar-refractivity contribution in [3.05, 3.63) is 47.3 Å². The lowest BCUT2D eigenvalue weighted by Gasteiger charge is -2.33. The maximum atomic E-state index is 13.2. The molecule has 0 bridgehead atoms. The number of piperidine rings is 1. The second-order valence-corrected chi connectivity index (χ2v) is 8.20. The molecule has 6 heteroatoms. The molecule has 2 aromatic rings. The molecule has 0 N–H and O–H groups in total. The highest BCUT2D eigenvalue weighted by molar-refractivity contribution is 5.95. The van der Waals surface area contributed by atoms with Gasteiger partial charge in [-0.1, -0.05) is 24.6 Å². The van der Waals surface area contributed by atoms with Gasteiger partial charge in [-0.3, -0.25) is 9.59 Å². The van der Waals surface area contributed by atoms with Gasteiger partial charge >= 0.3 is 0 Å². The molecule has 0 spiro atoms. The fourth-order valence-electron chi connectivity index (χ4n) is 4.50. The highest BCUT2D eigenvalue weighted by Crippen LogP contribution is 2.25. The van der Waals surface area contributed by atoms with Crippen LogP contribution < -0.4 is 0 Å². The van der Waals surface area contributed by atoms with Crippen LogP contribution in [0.2, 0.25) is 0 Å². The van der Waals surface area contributed by atoms with Crippen LogP contribution in [0, 0.1) is 12.8 Å². The van der Waals surface area contributed by atoms with Crippen LogP contribution in [0.4, 0.5) is 0 Å². The van der Waals surface area contributed by atoms with Crippen LogP contribution >= 0.6 is 0 Å². The molecule has 6 nitrogen and oxygen atoms in total. The summed E-state index contributed by atoms with van der Waals surface area (Å²) in [5.74, 6) is 0.390. The molecule has 0 saturated carbocycles. The van der Waals surface area contributed by atoms with Crippen molar-refractivity contribution in [3.8, 4) is 5.69 Å². The zero-order valence-electron chi connectivity index (χ0n) is 17.4. The van der Waals surface area contributed by atoms with E-state index in [1.54, 1.807) is 6.20 Å². The van der Waals surface area contributed by atoms with E-state index < -0.39 is 0 Å². The predicted octanol–water partition coefficient (Wildman–Crippen LogP) is 3.22. The Morgan fingerprint density at radius 2 is 1.66 bits per heavy atom. The van der Waals surface area contributed by atoms with Crippen molar-refractivity contribution in [2.24, 2.45) is 5.92 Å². The van der Waals surface area contributed by atoms with E-state index in [4.69, 9.17) is 0 Å². The normalized spacial score (nSPS) is 17.7. The number of benzene rings is 1. The number of hydrogen-bond acceptors (Lipinski definition) is 3. The fraction of sp³-hybridized carbons (Fsp3) is 0.522. The SMILES string of the molecule is CCc1c(C(=O)N2CCC(C(=O)N3CCCC3)CC2)cnn1-c1ccc(C)cc1. The minimum Gasteiger partial charge on any atom is -0.342 e. The van der Waals surface area contributed by atoms with Crippen LogP contribution in [-0.2, 0) is 11.2 Å². The molecule has 1 aromatic carbocycles. The van der Waals surface area contributed by atoms with E-state index in [0.717, 1.165) is 56.6 Å². The standard InChI is InChI=1S/C23H30N4O2/c1-3-21-20(16-24-27(21)19-8-6-17(2)7-9-19)23(29)26-14-10-18(11-15-26)22(28)25-12-4-5-13-25/h6-9,16,18H,3-5,10-15H2,1-2H3. The summed E-state index contributed by atoms with van der Waals surface area (Å²) in [6, 6.07) is 8.18. The maximum Gasteiger partial charge on any atom is 0.257 e. The lowest BCUT2D eigenvalue weighted by molar-refractivity contribution is -0.135. The Balaban J connectivity index is 1.45. The zero-order valence-corrected chi connectivity index (χ0v) is 17.4. The molecular weight excluding hydrogens is 364 g/mol. The van der Waals surface area contributed by atoms with Gasteiger partial charge in [0.1, 0.15) is 0 Å². The molecule has 2 amide bonds. The average molecular weight is 395 g/mol. The molecule has 29 heavy (non-hydrogen) atoms. The Labute approximate surface area is 172 Å². The van der Waals surface area contributed by atoms with Gasteiger partial charge in [-0.05, 0) is 51.2 Å². The minimum atomic E-state index is 0.0345. The van der Waals surface area contributed by atoms with Crippen LogP contribution in [0.3, 0.4) is 0 Å². The Hall–Kier alpha value is -2.63. The van der Waals surface area contributed by atoms with E-state index in [1.807, 2.05) is 26.6 Å². The summed E-state index contributed by atoms with van der Waals surface area (Å²) in [4.78, 5) is 29.7. The van der Waals surface area contributed by atoms with Crippen molar-refractivity contribution < 1.29 is 9.59 Å². The summed E-state index contributed by atoms with van der Waals surface area (Å²) < 4.78 is 1.87. The molecule has 2 aliphatic rings. The molecule has 0 radical (unpaired) electrons. The van der Waals surface area contributed by atoms with Crippen molar-refractivity contribution in [2.75, 3.05) is 26.2 Å². The van der Waals surface area contributed by atoms with E-state index in [0.29, 0.717) is 18.7 Å². The molecule has 0 unspecified atom stereocenters. The van der Waals surface area contributed by atoms with Crippen LogP contribution in [0.25, 0.3) is 5.69 Å².